The third kappa shape index (κ3) is 5.16. The minimum Gasteiger partial charge on any atom is -0.360 e. The summed E-state index contributed by atoms with van der Waals surface area (Å²) in [5, 5.41) is 32.1. The van der Waals surface area contributed by atoms with Crippen LogP contribution in [-0.4, -0.2) is 20.0 Å². The van der Waals surface area contributed by atoms with E-state index in [9.17, 15) is 15.4 Å². The largest absolute Gasteiger partial charge is 0.360 e. The highest BCUT2D eigenvalue weighted by molar-refractivity contribution is 6.32. The lowest BCUT2D eigenvalue weighted by atomic mass is 9.91. The molecule has 0 radical (unpaired) electrons. The quantitative estimate of drug-likeness (QED) is 0.212. The van der Waals surface area contributed by atoms with Crippen molar-refractivity contribution in [1.29, 1.82) is 5.26 Å². The minimum absolute atomic E-state index is 0.0471. The highest BCUT2D eigenvalue weighted by Crippen LogP contribution is 2.37. The Labute approximate surface area is 209 Å². The van der Waals surface area contributed by atoms with Crippen molar-refractivity contribution >= 4 is 52.0 Å². The van der Waals surface area contributed by atoms with Crippen LogP contribution in [0.4, 0.5) is 28.8 Å². The lowest BCUT2D eigenvalue weighted by Crippen LogP contribution is -2.07. The van der Waals surface area contributed by atoms with Crippen molar-refractivity contribution in [2.24, 2.45) is 0 Å². The summed E-state index contributed by atoms with van der Waals surface area (Å²) < 4.78 is 4.98. The number of nitrogens with zero attached hydrogens (tertiary/aromatic N) is 5. The molecule has 2 N–H and O–H groups in total. The summed E-state index contributed by atoms with van der Waals surface area (Å²) in [4.78, 5) is 19.3. The molecule has 0 spiro atoms. The summed E-state index contributed by atoms with van der Waals surface area (Å²) in [6.45, 7) is 3.49. The van der Waals surface area contributed by atoms with Gasteiger partial charge in [-0.3, -0.25) is 10.1 Å². The smallest absolute Gasteiger partial charge is 0.353 e. The Morgan fingerprint density at radius 2 is 1.77 bits per heavy atom. The van der Waals surface area contributed by atoms with E-state index in [1.165, 1.54) is 6.33 Å². The number of aromatic nitrogens is 3. The molecular weight excluding hydrogens is 493 g/mol. The fraction of sp³-hybridized carbons (Fsp3) is 0.130. The first-order valence-electron chi connectivity index (χ1n) is 10.2. The van der Waals surface area contributed by atoms with E-state index in [1.807, 2.05) is 0 Å². The average molecular weight is 510 g/mol. The number of nitriles is 1. The molecule has 10 nitrogen and oxygen atoms in total. The Morgan fingerprint density at radius 1 is 1.09 bits per heavy atom. The Morgan fingerprint density at radius 3 is 2.37 bits per heavy atom. The molecule has 35 heavy (non-hydrogen) atoms. The lowest BCUT2D eigenvalue weighted by molar-refractivity contribution is -0.383. The first-order valence-corrected chi connectivity index (χ1v) is 10.9. The van der Waals surface area contributed by atoms with E-state index in [4.69, 9.17) is 27.7 Å². The molecule has 2 aromatic heterocycles. The number of hydrogen-bond acceptors (Lipinski definition) is 9. The number of aryl methyl sites for hydroxylation is 2. The standard InChI is InChI=1S/C23H17Cl2N7O3/c1-12-7-16(17(10-26)14-3-5-15(24)6-4-14)18(25)9-19(12)29-22-21(32(33)34)23(28-11-27-22)30-20-8-13(2)35-31-20/h3-9,11,17H,1-2H3,(H2,27,28,29,30,31). The van der Waals surface area contributed by atoms with Crippen LogP contribution in [0, 0.1) is 35.3 Å². The van der Waals surface area contributed by atoms with Crippen molar-refractivity contribution in [2.45, 2.75) is 19.8 Å². The van der Waals surface area contributed by atoms with Gasteiger partial charge in [0, 0.05) is 21.8 Å². The van der Waals surface area contributed by atoms with Gasteiger partial charge < -0.3 is 15.2 Å². The summed E-state index contributed by atoms with van der Waals surface area (Å²) in [5.74, 6) is 0.0657. The molecule has 0 aliphatic carbocycles. The van der Waals surface area contributed by atoms with Gasteiger partial charge in [-0.15, -0.1) is 0 Å². The number of hydrogen-bond donors (Lipinski definition) is 2. The zero-order chi connectivity index (χ0) is 25.1. The first kappa shape index (κ1) is 23.9. The van der Waals surface area contributed by atoms with Crippen LogP contribution >= 0.6 is 23.2 Å². The molecule has 0 bridgehead atoms. The van der Waals surface area contributed by atoms with Gasteiger partial charge in [0.2, 0.25) is 11.6 Å². The highest BCUT2D eigenvalue weighted by atomic mass is 35.5. The van der Waals surface area contributed by atoms with Crippen molar-refractivity contribution in [3.05, 3.63) is 91.4 Å². The van der Waals surface area contributed by atoms with Crippen LogP contribution in [0.25, 0.3) is 0 Å². The van der Waals surface area contributed by atoms with Crippen molar-refractivity contribution in [1.82, 2.24) is 15.1 Å². The van der Waals surface area contributed by atoms with E-state index in [0.29, 0.717) is 32.6 Å². The molecule has 0 fully saturated rings. The Hall–Kier alpha value is -4.20. The van der Waals surface area contributed by atoms with E-state index in [2.05, 4.69) is 31.8 Å². The number of anilines is 4. The van der Waals surface area contributed by atoms with Crippen LogP contribution in [0.5, 0.6) is 0 Å². The molecule has 0 saturated carbocycles. The molecular formula is C23H17Cl2N7O3. The van der Waals surface area contributed by atoms with Gasteiger partial charge in [-0.05, 0) is 48.7 Å². The van der Waals surface area contributed by atoms with Gasteiger partial charge in [-0.25, -0.2) is 9.97 Å². The average Bonchev–Trinajstić information content (AvgIpc) is 3.23. The molecule has 2 heterocycles. The maximum Gasteiger partial charge on any atom is 0.353 e. The second kappa shape index (κ2) is 9.97. The van der Waals surface area contributed by atoms with Crippen molar-refractivity contribution in [3.8, 4) is 6.07 Å². The third-order valence-corrected chi connectivity index (χ3v) is 5.70. The fourth-order valence-electron chi connectivity index (χ4n) is 3.45. The van der Waals surface area contributed by atoms with Crippen molar-refractivity contribution in [2.75, 3.05) is 10.6 Å². The van der Waals surface area contributed by atoms with Crippen molar-refractivity contribution in [3.63, 3.8) is 0 Å². The number of nitrogens with one attached hydrogen (secondary N) is 2. The molecule has 4 rings (SSSR count). The molecule has 1 atom stereocenters. The van der Waals surface area contributed by atoms with Crippen LogP contribution in [-0.2, 0) is 0 Å². The SMILES string of the molecule is Cc1cc(Nc2ncnc(Nc3cc(Cl)c(C(C#N)c4ccc(Cl)cc4)cc3C)c2[N+](=O)[O-])no1. The fourth-order valence-corrected chi connectivity index (χ4v) is 3.85. The maximum atomic E-state index is 11.9. The summed E-state index contributed by atoms with van der Waals surface area (Å²) in [7, 11) is 0. The maximum absolute atomic E-state index is 11.9. The van der Waals surface area contributed by atoms with Crippen LogP contribution < -0.4 is 10.6 Å². The minimum atomic E-state index is -0.623. The first-order chi connectivity index (χ1) is 16.8. The van der Waals surface area contributed by atoms with Gasteiger partial charge in [0.05, 0.1) is 16.9 Å². The second-order valence-electron chi connectivity index (χ2n) is 7.55. The zero-order valence-corrected chi connectivity index (χ0v) is 19.9. The third-order valence-electron chi connectivity index (χ3n) is 5.12. The Bertz CT molecular complexity index is 1450. The molecule has 0 aliphatic rings. The molecule has 12 heteroatoms. The topological polar surface area (TPSA) is 143 Å². The van der Waals surface area contributed by atoms with Gasteiger partial charge in [0.15, 0.2) is 5.82 Å². The van der Waals surface area contributed by atoms with E-state index in [-0.39, 0.29) is 23.1 Å². The zero-order valence-electron chi connectivity index (χ0n) is 18.4. The van der Waals surface area contributed by atoms with Gasteiger partial charge in [-0.2, -0.15) is 5.26 Å². The van der Waals surface area contributed by atoms with Gasteiger partial charge >= 0.3 is 5.69 Å². The predicted octanol–water partition coefficient (Wildman–Crippen LogP) is 6.44. The number of nitro groups is 1. The van der Waals surface area contributed by atoms with E-state index in [0.717, 1.165) is 5.56 Å². The normalized spacial score (nSPS) is 11.5. The Kier molecular flexibility index (Phi) is 6.82. The second-order valence-corrected chi connectivity index (χ2v) is 8.40. The lowest BCUT2D eigenvalue weighted by Gasteiger charge is -2.16. The molecule has 1 unspecified atom stereocenters. The summed E-state index contributed by atoms with van der Waals surface area (Å²) in [6.07, 6.45) is 1.18. The van der Waals surface area contributed by atoms with E-state index in [1.54, 1.807) is 56.3 Å². The van der Waals surface area contributed by atoms with Crippen LogP contribution in [0.3, 0.4) is 0 Å². The molecule has 0 amide bonds. The van der Waals surface area contributed by atoms with Gasteiger partial charge in [-0.1, -0.05) is 46.6 Å². The summed E-state index contributed by atoms with van der Waals surface area (Å²) in [5.41, 5.74) is 2.14. The van der Waals surface area contributed by atoms with Crippen LogP contribution in [0.15, 0.2) is 53.3 Å². The molecule has 2 aromatic carbocycles. The number of halogens is 2. The monoisotopic (exact) mass is 509 g/mol. The predicted molar refractivity (Wildman–Crippen MR) is 132 cm³/mol. The van der Waals surface area contributed by atoms with E-state index < -0.39 is 10.8 Å². The van der Waals surface area contributed by atoms with Crippen LogP contribution in [0.2, 0.25) is 10.0 Å². The van der Waals surface area contributed by atoms with Crippen LogP contribution in [0.1, 0.15) is 28.4 Å². The molecule has 0 saturated heterocycles. The van der Waals surface area contributed by atoms with Crippen molar-refractivity contribution < 1.29 is 9.45 Å². The van der Waals surface area contributed by atoms with Gasteiger partial charge in [0.1, 0.15) is 12.1 Å². The van der Waals surface area contributed by atoms with Gasteiger partial charge in [0.25, 0.3) is 0 Å². The Balaban J connectivity index is 1.68. The molecule has 4 aromatic rings. The van der Waals surface area contributed by atoms with E-state index >= 15 is 0 Å². The molecule has 176 valence electrons. The summed E-state index contributed by atoms with van der Waals surface area (Å²) in [6, 6.07) is 14.2. The molecule has 0 aliphatic heterocycles. The number of rotatable bonds is 7. The summed E-state index contributed by atoms with van der Waals surface area (Å²) >= 11 is 12.5. The highest BCUT2D eigenvalue weighted by Gasteiger charge is 2.25. The number of benzene rings is 2.